The molecule has 1 amide bonds. The number of carbonyl (C=O) groups excluding carboxylic acids is 1. The Morgan fingerprint density at radius 3 is 2.25 bits per heavy atom. The molecule has 2 N–H and O–H groups in total. The normalized spacial score (nSPS) is 13.6. The number of amides is 1. The molecule has 1 aliphatic carbocycles. The number of benzene rings is 2. The van der Waals surface area contributed by atoms with Gasteiger partial charge in [-0.15, -0.1) is 0 Å². The minimum atomic E-state index is -3.68. The van der Waals surface area contributed by atoms with Crippen LogP contribution in [0.5, 0.6) is 0 Å². The molecule has 10 nitrogen and oxygen atoms in total. The van der Waals surface area contributed by atoms with Gasteiger partial charge in [-0.25, -0.2) is 12.8 Å². The predicted molar refractivity (Wildman–Crippen MR) is 149 cm³/mol. The van der Waals surface area contributed by atoms with Crippen molar-refractivity contribution in [3.8, 4) is 11.3 Å². The van der Waals surface area contributed by atoms with Crippen molar-refractivity contribution in [3.05, 3.63) is 53.3 Å². The minimum absolute atomic E-state index is 0.0418. The van der Waals surface area contributed by atoms with Crippen molar-refractivity contribution in [1.82, 2.24) is 5.32 Å². The standard InChI is InChI=1S/C28H35FN2O8S/c1-30-28(33)26-23-17-22(19-3-4-19)24(18-25(23)39-27(26)20-5-7-21(29)8-6-20)31(40(2,34)35)9-11-36-13-15-38-16-14-37-12-10-32/h5-8,17-19,32H,3-4,9-16H2,1-2H3,(H,30,33). The SMILES string of the molecule is CNC(=O)c1c(-c2ccc(F)cc2)oc2cc(N(CCOCCOCCOCCO)S(C)(=O)=O)c(C3CC3)cc12. The van der Waals surface area contributed by atoms with Crippen LogP contribution in [0.15, 0.2) is 40.8 Å². The van der Waals surface area contributed by atoms with Crippen LogP contribution in [-0.4, -0.2) is 85.5 Å². The Bertz CT molecular complexity index is 1400. The van der Waals surface area contributed by atoms with Gasteiger partial charge in [0.05, 0.1) is 70.3 Å². The van der Waals surface area contributed by atoms with Gasteiger partial charge in [-0.2, -0.15) is 0 Å². The summed E-state index contributed by atoms with van der Waals surface area (Å²) in [5, 5.41) is 11.9. The number of rotatable bonds is 16. The maximum atomic E-state index is 13.6. The molecular weight excluding hydrogens is 543 g/mol. The highest BCUT2D eigenvalue weighted by atomic mass is 32.2. The van der Waals surface area contributed by atoms with E-state index in [-0.39, 0.29) is 50.6 Å². The molecule has 4 rings (SSSR count). The second-order valence-electron chi connectivity index (χ2n) is 9.47. The molecule has 218 valence electrons. The number of furan rings is 1. The van der Waals surface area contributed by atoms with Gasteiger partial charge in [0.1, 0.15) is 17.2 Å². The van der Waals surface area contributed by atoms with Gasteiger partial charge >= 0.3 is 0 Å². The highest BCUT2D eigenvalue weighted by Crippen LogP contribution is 2.48. The van der Waals surface area contributed by atoms with Crippen LogP contribution in [0.1, 0.15) is 34.7 Å². The van der Waals surface area contributed by atoms with Gasteiger partial charge in [-0.3, -0.25) is 9.10 Å². The van der Waals surface area contributed by atoms with Gasteiger partial charge in [-0.05, 0) is 54.7 Å². The van der Waals surface area contributed by atoms with Crippen LogP contribution >= 0.6 is 0 Å². The summed E-state index contributed by atoms with van der Waals surface area (Å²) in [7, 11) is -2.16. The molecule has 1 aliphatic rings. The van der Waals surface area contributed by atoms with E-state index in [0.29, 0.717) is 47.6 Å². The van der Waals surface area contributed by atoms with Crippen LogP contribution in [0.3, 0.4) is 0 Å². The van der Waals surface area contributed by atoms with E-state index < -0.39 is 15.8 Å². The van der Waals surface area contributed by atoms with E-state index >= 15 is 0 Å². The van der Waals surface area contributed by atoms with Crippen molar-refractivity contribution in [1.29, 1.82) is 0 Å². The zero-order valence-electron chi connectivity index (χ0n) is 22.7. The lowest BCUT2D eigenvalue weighted by Gasteiger charge is -2.25. The number of hydrogen-bond acceptors (Lipinski definition) is 8. The van der Waals surface area contributed by atoms with Crippen LogP contribution in [0.25, 0.3) is 22.3 Å². The monoisotopic (exact) mass is 578 g/mol. The molecular formula is C28H35FN2O8S. The van der Waals surface area contributed by atoms with Gasteiger partial charge in [-0.1, -0.05) is 0 Å². The molecule has 0 radical (unpaired) electrons. The summed E-state index contributed by atoms with van der Waals surface area (Å²) in [5.41, 5.74) is 2.50. The van der Waals surface area contributed by atoms with Crippen molar-refractivity contribution in [2.75, 3.05) is 70.4 Å². The van der Waals surface area contributed by atoms with Crippen molar-refractivity contribution in [2.45, 2.75) is 18.8 Å². The van der Waals surface area contributed by atoms with E-state index in [1.807, 2.05) is 6.07 Å². The lowest BCUT2D eigenvalue weighted by atomic mass is 10.0. The molecule has 0 unspecified atom stereocenters. The molecule has 12 heteroatoms. The highest BCUT2D eigenvalue weighted by molar-refractivity contribution is 7.92. The van der Waals surface area contributed by atoms with Gasteiger partial charge in [0.25, 0.3) is 5.91 Å². The van der Waals surface area contributed by atoms with Gasteiger partial charge in [0, 0.05) is 24.1 Å². The number of anilines is 1. The van der Waals surface area contributed by atoms with Crippen molar-refractivity contribution < 1.29 is 41.3 Å². The number of aliphatic hydroxyl groups is 1. The van der Waals surface area contributed by atoms with Gasteiger partial charge in [0.2, 0.25) is 10.0 Å². The zero-order chi connectivity index (χ0) is 28.7. The fraction of sp³-hybridized carbons (Fsp3) is 0.464. The maximum Gasteiger partial charge on any atom is 0.255 e. The fourth-order valence-electron chi connectivity index (χ4n) is 4.46. The minimum Gasteiger partial charge on any atom is -0.455 e. The molecule has 0 atom stereocenters. The molecule has 1 aromatic heterocycles. The van der Waals surface area contributed by atoms with E-state index in [1.54, 1.807) is 6.07 Å². The second kappa shape index (κ2) is 13.6. The van der Waals surface area contributed by atoms with Crippen LogP contribution < -0.4 is 9.62 Å². The topological polar surface area (TPSA) is 128 Å². The lowest BCUT2D eigenvalue weighted by Crippen LogP contribution is -2.34. The van der Waals surface area contributed by atoms with Crippen LogP contribution in [0.2, 0.25) is 0 Å². The van der Waals surface area contributed by atoms with E-state index in [4.69, 9.17) is 23.7 Å². The van der Waals surface area contributed by atoms with Crippen molar-refractivity contribution in [3.63, 3.8) is 0 Å². The molecule has 0 bridgehead atoms. The molecule has 0 saturated heterocycles. The fourth-order valence-corrected chi connectivity index (χ4v) is 5.38. The third-order valence-electron chi connectivity index (χ3n) is 6.50. The largest absolute Gasteiger partial charge is 0.455 e. The highest BCUT2D eigenvalue weighted by Gasteiger charge is 2.33. The number of nitrogens with zero attached hydrogens (tertiary/aromatic N) is 1. The average Bonchev–Trinajstić information content (AvgIpc) is 3.71. The Morgan fingerprint density at radius 2 is 1.68 bits per heavy atom. The van der Waals surface area contributed by atoms with E-state index in [9.17, 15) is 17.6 Å². The second-order valence-corrected chi connectivity index (χ2v) is 11.4. The quantitative estimate of drug-likeness (QED) is 0.248. The number of halogens is 1. The Morgan fingerprint density at radius 1 is 1.05 bits per heavy atom. The third-order valence-corrected chi connectivity index (χ3v) is 7.68. The number of hydrogen-bond donors (Lipinski definition) is 2. The van der Waals surface area contributed by atoms with Crippen LogP contribution in [0.4, 0.5) is 10.1 Å². The van der Waals surface area contributed by atoms with Crippen LogP contribution in [0, 0.1) is 5.82 Å². The van der Waals surface area contributed by atoms with E-state index in [0.717, 1.165) is 24.7 Å². The number of nitrogens with one attached hydrogen (secondary N) is 1. The summed E-state index contributed by atoms with van der Waals surface area (Å²) in [6.07, 6.45) is 2.96. The zero-order valence-corrected chi connectivity index (χ0v) is 23.5. The summed E-state index contributed by atoms with van der Waals surface area (Å²) < 4.78 is 63.0. The van der Waals surface area contributed by atoms with E-state index in [1.165, 1.54) is 35.6 Å². The van der Waals surface area contributed by atoms with E-state index in [2.05, 4.69) is 5.32 Å². The molecule has 0 spiro atoms. The van der Waals surface area contributed by atoms with Gasteiger partial charge < -0.3 is 29.1 Å². The molecule has 40 heavy (non-hydrogen) atoms. The van der Waals surface area contributed by atoms with Crippen LogP contribution in [-0.2, 0) is 24.2 Å². The first-order chi connectivity index (χ1) is 19.2. The Kier molecular flexibility index (Phi) is 10.1. The summed E-state index contributed by atoms with van der Waals surface area (Å²) in [6, 6.07) is 9.16. The number of carbonyl (C=O) groups is 1. The summed E-state index contributed by atoms with van der Waals surface area (Å²) in [4.78, 5) is 12.9. The number of fused-ring (bicyclic) bond motifs is 1. The Balaban J connectivity index is 1.59. The first-order valence-corrected chi connectivity index (χ1v) is 15.0. The molecule has 1 saturated carbocycles. The molecule has 3 aromatic rings. The van der Waals surface area contributed by atoms with Crippen molar-refractivity contribution in [2.24, 2.45) is 0 Å². The predicted octanol–water partition coefficient (Wildman–Crippen LogP) is 3.28. The molecule has 1 heterocycles. The smallest absolute Gasteiger partial charge is 0.255 e. The number of aliphatic hydroxyl groups excluding tert-OH is 1. The number of sulfonamides is 1. The third kappa shape index (κ3) is 7.38. The average molecular weight is 579 g/mol. The maximum absolute atomic E-state index is 13.6. The first kappa shape index (κ1) is 29.9. The molecule has 2 aromatic carbocycles. The van der Waals surface area contributed by atoms with Crippen molar-refractivity contribution >= 4 is 32.6 Å². The molecule has 1 fully saturated rings. The molecule has 0 aliphatic heterocycles. The number of ether oxygens (including phenoxy) is 3. The summed E-state index contributed by atoms with van der Waals surface area (Å²) in [6.45, 7) is 1.77. The summed E-state index contributed by atoms with van der Waals surface area (Å²) >= 11 is 0. The summed E-state index contributed by atoms with van der Waals surface area (Å²) in [5.74, 6) is -0.329. The Hall–Kier alpha value is -3.03. The Labute approximate surface area is 233 Å². The lowest BCUT2D eigenvalue weighted by molar-refractivity contribution is 0.00897. The first-order valence-electron chi connectivity index (χ1n) is 13.1. The van der Waals surface area contributed by atoms with Gasteiger partial charge in [0.15, 0.2) is 0 Å².